The van der Waals surface area contributed by atoms with Crippen LogP contribution in [0.1, 0.15) is 32.3 Å². The zero-order valence-corrected chi connectivity index (χ0v) is 16.2. The molecule has 0 atom stereocenters. The van der Waals surface area contributed by atoms with E-state index in [0.717, 1.165) is 50.0 Å². The quantitative estimate of drug-likeness (QED) is 0.665. The molecule has 2 aliphatic heterocycles. The molecule has 6 heteroatoms. The maximum absolute atomic E-state index is 11.8. The van der Waals surface area contributed by atoms with Gasteiger partial charge in [-0.15, -0.1) is 0 Å². The lowest BCUT2D eigenvalue weighted by molar-refractivity contribution is -0.117. The van der Waals surface area contributed by atoms with Crippen LogP contribution >= 0.6 is 11.8 Å². The summed E-state index contributed by atoms with van der Waals surface area (Å²) in [4.78, 5) is 20.5. The van der Waals surface area contributed by atoms with Crippen LogP contribution in [-0.4, -0.2) is 53.9 Å². The minimum absolute atomic E-state index is 0.233. The molecule has 1 amide bonds. The van der Waals surface area contributed by atoms with Crippen molar-refractivity contribution in [3.63, 3.8) is 0 Å². The van der Waals surface area contributed by atoms with Crippen molar-refractivity contribution >= 4 is 29.3 Å². The summed E-state index contributed by atoms with van der Waals surface area (Å²) in [7, 11) is 1.85. The van der Waals surface area contributed by atoms with Gasteiger partial charge in [0.25, 0.3) is 0 Å². The molecule has 136 valence electrons. The summed E-state index contributed by atoms with van der Waals surface area (Å²) >= 11 is 2.02. The first-order valence-corrected chi connectivity index (χ1v) is 9.96. The van der Waals surface area contributed by atoms with Crippen LogP contribution in [0.3, 0.4) is 0 Å². The number of benzene rings is 1. The van der Waals surface area contributed by atoms with Crippen LogP contribution < -0.4 is 10.2 Å². The largest absolute Gasteiger partial charge is 0.352 e. The predicted octanol–water partition coefficient (Wildman–Crippen LogP) is 2.72. The van der Waals surface area contributed by atoms with E-state index in [9.17, 15) is 4.79 Å². The minimum Gasteiger partial charge on any atom is -0.352 e. The first-order chi connectivity index (χ1) is 12.0. The smallest absolute Gasteiger partial charge is 0.227 e. The summed E-state index contributed by atoms with van der Waals surface area (Å²) < 4.78 is 0.264. The fourth-order valence-corrected chi connectivity index (χ4v) is 4.54. The molecule has 1 aromatic rings. The monoisotopic (exact) mass is 360 g/mol. The van der Waals surface area contributed by atoms with Gasteiger partial charge in [0.15, 0.2) is 5.96 Å². The molecule has 3 rings (SSSR count). The highest BCUT2D eigenvalue weighted by Crippen LogP contribution is 2.29. The van der Waals surface area contributed by atoms with Crippen LogP contribution in [0.5, 0.6) is 0 Å². The number of amides is 1. The number of guanidine groups is 1. The highest BCUT2D eigenvalue weighted by Gasteiger charge is 2.28. The lowest BCUT2D eigenvalue weighted by atomic mass is 10.2. The Morgan fingerprint density at radius 2 is 2.04 bits per heavy atom. The van der Waals surface area contributed by atoms with Crippen molar-refractivity contribution in [2.45, 2.75) is 38.0 Å². The van der Waals surface area contributed by atoms with Gasteiger partial charge in [-0.25, -0.2) is 0 Å². The number of carbonyl (C=O) groups is 1. The Hall–Kier alpha value is -1.69. The number of carbonyl (C=O) groups excluding carboxylic acids is 1. The Balaban J connectivity index is 1.58. The van der Waals surface area contributed by atoms with Gasteiger partial charge in [0.2, 0.25) is 5.91 Å². The van der Waals surface area contributed by atoms with Gasteiger partial charge in [-0.1, -0.05) is 12.1 Å². The Bertz CT molecular complexity index is 641. The summed E-state index contributed by atoms with van der Waals surface area (Å²) in [6.45, 7) is 8.19. The maximum atomic E-state index is 11.8. The van der Waals surface area contributed by atoms with E-state index in [1.165, 1.54) is 5.56 Å². The molecule has 1 aromatic carbocycles. The van der Waals surface area contributed by atoms with E-state index in [2.05, 4.69) is 41.2 Å². The fourth-order valence-electron chi connectivity index (χ4n) is 3.43. The second-order valence-corrected chi connectivity index (χ2v) is 9.05. The van der Waals surface area contributed by atoms with E-state index in [1.54, 1.807) is 0 Å². The fraction of sp³-hybridized carbons (Fsp3) is 0.579. The van der Waals surface area contributed by atoms with Gasteiger partial charge >= 0.3 is 0 Å². The summed E-state index contributed by atoms with van der Waals surface area (Å²) in [6.07, 6.45) is 1.63. The molecule has 0 unspecified atom stereocenters. The second-order valence-electron chi connectivity index (χ2n) is 7.25. The SMILES string of the molecule is CN=C(NCc1ccc(N2CCCC2=O)cc1)N1CCSC(C)(C)C1. The van der Waals surface area contributed by atoms with E-state index in [1.807, 2.05) is 35.8 Å². The molecular weight excluding hydrogens is 332 g/mol. The second kappa shape index (κ2) is 7.68. The van der Waals surface area contributed by atoms with Crippen LogP contribution in [0, 0.1) is 0 Å². The third-order valence-electron chi connectivity index (χ3n) is 4.71. The van der Waals surface area contributed by atoms with Crippen LogP contribution in [0.15, 0.2) is 29.3 Å². The molecule has 2 aliphatic rings. The first-order valence-electron chi connectivity index (χ1n) is 8.97. The lowest BCUT2D eigenvalue weighted by Crippen LogP contribution is -2.50. The van der Waals surface area contributed by atoms with Gasteiger partial charge in [0.1, 0.15) is 0 Å². The third kappa shape index (κ3) is 4.48. The van der Waals surface area contributed by atoms with Crippen LogP contribution in [0.4, 0.5) is 5.69 Å². The number of thioether (sulfide) groups is 1. The number of hydrogen-bond donors (Lipinski definition) is 1. The molecule has 0 aliphatic carbocycles. The number of anilines is 1. The van der Waals surface area contributed by atoms with Crippen molar-refractivity contribution in [1.82, 2.24) is 10.2 Å². The molecule has 1 N–H and O–H groups in total. The first kappa shape index (κ1) is 18.1. The molecule has 2 fully saturated rings. The highest BCUT2D eigenvalue weighted by molar-refractivity contribution is 8.00. The molecular formula is C19H28N4OS. The number of rotatable bonds is 3. The van der Waals surface area contributed by atoms with Crippen molar-refractivity contribution < 1.29 is 4.79 Å². The molecule has 5 nitrogen and oxygen atoms in total. The van der Waals surface area contributed by atoms with Crippen molar-refractivity contribution in [3.05, 3.63) is 29.8 Å². The van der Waals surface area contributed by atoms with Gasteiger partial charge in [0.05, 0.1) is 0 Å². The molecule has 0 aromatic heterocycles. The van der Waals surface area contributed by atoms with E-state index in [0.29, 0.717) is 6.42 Å². The Labute approximate surface area is 154 Å². The Kier molecular flexibility index (Phi) is 5.57. The van der Waals surface area contributed by atoms with Crippen LogP contribution in [0.25, 0.3) is 0 Å². The molecule has 2 saturated heterocycles. The van der Waals surface area contributed by atoms with E-state index in [-0.39, 0.29) is 10.7 Å². The summed E-state index contributed by atoms with van der Waals surface area (Å²) in [5.74, 6) is 2.33. The van der Waals surface area contributed by atoms with E-state index in [4.69, 9.17) is 0 Å². The van der Waals surface area contributed by atoms with Crippen LogP contribution in [0.2, 0.25) is 0 Å². The molecule has 0 spiro atoms. The van der Waals surface area contributed by atoms with Gasteiger partial charge in [0, 0.05) is 55.8 Å². The zero-order chi connectivity index (χ0) is 17.9. The topological polar surface area (TPSA) is 47.9 Å². The standard InChI is InChI=1S/C19H28N4OS/c1-19(2)14-22(11-12-25-19)18(20-3)21-13-15-6-8-16(9-7-15)23-10-4-5-17(23)24/h6-9H,4-5,10-14H2,1-3H3,(H,20,21). The summed E-state index contributed by atoms with van der Waals surface area (Å²) in [5.41, 5.74) is 2.20. The molecule has 0 saturated carbocycles. The lowest BCUT2D eigenvalue weighted by Gasteiger charge is -2.39. The van der Waals surface area contributed by atoms with Gasteiger partial charge in [-0.05, 0) is 38.0 Å². The van der Waals surface area contributed by atoms with Crippen molar-refractivity contribution in [3.8, 4) is 0 Å². The maximum Gasteiger partial charge on any atom is 0.227 e. The van der Waals surface area contributed by atoms with Gasteiger partial charge in [-0.3, -0.25) is 9.79 Å². The average molecular weight is 361 g/mol. The van der Waals surface area contributed by atoms with Crippen molar-refractivity contribution in [2.24, 2.45) is 4.99 Å². The van der Waals surface area contributed by atoms with Crippen LogP contribution in [-0.2, 0) is 11.3 Å². The molecule has 0 bridgehead atoms. The zero-order valence-electron chi connectivity index (χ0n) is 15.4. The molecule has 0 radical (unpaired) electrons. The van der Waals surface area contributed by atoms with Crippen molar-refractivity contribution in [2.75, 3.05) is 37.3 Å². The van der Waals surface area contributed by atoms with Crippen molar-refractivity contribution in [1.29, 1.82) is 0 Å². The predicted molar refractivity (Wildman–Crippen MR) is 106 cm³/mol. The Morgan fingerprint density at radius 1 is 1.28 bits per heavy atom. The summed E-state index contributed by atoms with van der Waals surface area (Å²) in [5, 5.41) is 3.48. The highest BCUT2D eigenvalue weighted by atomic mass is 32.2. The molecule has 25 heavy (non-hydrogen) atoms. The normalized spacial score (nSPS) is 20.9. The third-order valence-corrected chi connectivity index (χ3v) is 6.01. The average Bonchev–Trinajstić information content (AvgIpc) is 3.01. The Morgan fingerprint density at radius 3 is 2.64 bits per heavy atom. The van der Waals surface area contributed by atoms with Gasteiger partial charge in [-0.2, -0.15) is 11.8 Å². The number of hydrogen-bond acceptors (Lipinski definition) is 3. The number of nitrogens with zero attached hydrogens (tertiary/aromatic N) is 3. The number of aliphatic imine (C=N–C) groups is 1. The summed E-state index contributed by atoms with van der Waals surface area (Å²) in [6, 6.07) is 8.28. The number of nitrogens with one attached hydrogen (secondary N) is 1. The van der Waals surface area contributed by atoms with Gasteiger partial charge < -0.3 is 15.1 Å². The minimum atomic E-state index is 0.233. The molecule has 2 heterocycles. The van der Waals surface area contributed by atoms with E-state index < -0.39 is 0 Å². The van der Waals surface area contributed by atoms with E-state index >= 15 is 0 Å².